The molecule has 1 fully saturated rings. The lowest BCUT2D eigenvalue weighted by Crippen LogP contribution is -2.51. The van der Waals surface area contributed by atoms with E-state index < -0.39 is 35.0 Å². The number of aromatic nitrogens is 3. The number of rotatable bonds is 7. The van der Waals surface area contributed by atoms with E-state index in [9.17, 15) is 19.5 Å². The summed E-state index contributed by atoms with van der Waals surface area (Å²) in [5.74, 6) is -3.13. The van der Waals surface area contributed by atoms with Crippen LogP contribution in [0.3, 0.4) is 0 Å². The molecule has 2 aromatic heterocycles. The molecule has 2 aromatic carbocycles. The van der Waals surface area contributed by atoms with Crippen molar-refractivity contribution in [1.82, 2.24) is 19.7 Å². The van der Waals surface area contributed by atoms with Crippen LogP contribution in [0.5, 0.6) is 5.88 Å². The van der Waals surface area contributed by atoms with Crippen LogP contribution in [0.25, 0.3) is 22.4 Å². The van der Waals surface area contributed by atoms with Crippen LogP contribution in [0, 0.1) is 24.5 Å². The van der Waals surface area contributed by atoms with Gasteiger partial charge in [-0.1, -0.05) is 11.6 Å². The number of amides is 1. The van der Waals surface area contributed by atoms with E-state index >= 15 is 8.78 Å². The first-order valence-electron chi connectivity index (χ1n) is 14.2. The normalized spacial score (nSPS) is 16.3. The summed E-state index contributed by atoms with van der Waals surface area (Å²) >= 11 is 6.83. The third-order valence-corrected chi connectivity index (χ3v) is 8.94. The number of anilines is 1. The Labute approximate surface area is 261 Å². The lowest BCUT2D eigenvalue weighted by molar-refractivity contribution is -0.148. The minimum Gasteiger partial charge on any atom is -0.481 e. The average molecular weight is 636 g/mol. The first-order chi connectivity index (χ1) is 21.5. The van der Waals surface area contributed by atoms with E-state index in [2.05, 4.69) is 15.3 Å². The SMILES string of the molecule is COc1nc(-c2ccc(F)c(-c3c(F)ccc(NC(=O)c4ccnn(C)c4=O)c3C)c2Cl)cc2c1[C@H](N1CC(C(=O)O)C1)CC2. The fourth-order valence-corrected chi connectivity index (χ4v) is 6.48. The second kappa shape index (κ2) is 11.7. The quantitative estimate of drug-likeness (QED) is 0.290. The van der Waals surface area contributed by atoms with Gasteiger partial charge in [0.05, 0.1) is 23.7 Å². The Morgan fingerprint density at radius 1 is 1.11 bits per heavy atom. The molecule has 0 bridgehead atoms. The fourth-order valence-electron chi connectivity index (χ4n) is 6.13. The smallest absolute Gasteiger partial charge is 0.309 e. The van der Waals surface area contributed by atoms with E-state index in [0.29, 0.717) is 36.6 Å². The van der Waals surface area contributed by atoms with E-state index in [1.807, 2.05) is 6.07 Å². The number of benzene rings is 2. The molecule has 3 heterocycles. The molecule has 1 aliphatic heterocycles. The van der Waals surface area contributed by atoms with Gasteiger partial charge in [0.25, 0.3) is 11.5 Å². The van der Waals surface area contributed by atoms with Crippen molar-refractivity contribution in [2.45, 2.75) is 25.8 Å². The molecule has 4 aromatic rings. The molecule has 10 nitrogen and oxygen atoms in total. The molecule has 1 saturated heterocycles. The lowest BCUT2D eigenvalue weighted by atomic mass is 9.94. The number of halogens is 3. The van der Waals surface area contributed by atoms with Crippen LogP contribution in [-0.4, -0.2) is 56.8 Å². The van der Waals surface area contributed by atoms with Crippen LogP contribution in [0.2, 0.25) is 5.02 Å². The zero-order valence-electron chi connectivity index (χ0n) is 24.5. The zero-order valence-corrected chi connectivity index (χ0v) is 25.3. The second-order valence-corrected chi connectivity index (χ2v) is 11.5. The first-order valence-corrected chi connectivity index (χ1v) is 14.5. The summed E-state index contributed by atoms with van der Waals surface area (Å²) in [7, 11) is 2.90. The van der Waals surface area contributed by atoms with Crippen molar-refractivity contribution in [3.63, 3.8) is 0 Å². The number of pyridine rings is 1. The molecule has 1 aliphatic carbocycles. The minimum atomic E-state index is -0.814. The first kappa shape index (κ1) is 30.4. The molecule has 13 heteroatoms. The summed E-state index contributed by atoms with van der Waals surface area (Å²) in [6.45, 7) is 2.41. The van der Waals surface area contributed by atoms with E-state index in [4.69, 9.17) is 21.3 Å². The molecule has 0 saturated carbocycles. The van der Waals surface area contributed by atoms with Crippen molar-refractivity contribution in [1.29, 1.82) is 0 Å². The fraction of sp³-hybridized carbons (Fsp3) is 0.281. The monoisotopic (exact) mass is 635 g/mol. The predicted octanol–water partition coefficient (Wildman–Crippen LogP) is 5.01. The number of carboxylic acid groups (broad SMARTS) is 1. The van der Waals surface area contributed by atoms with Gasteiger partial charge in [-0.2, -0.15) is 5.10 Å². The van der Waals surface area contributed by atoms with Gasteiger partial charge in [-0.3, -0.25) is 19.3 Å². The number of hydrogen-bond donors (Lipinski definition) is 2. The van der Waals surface area contributed by atoms with E-state index in [-0.39, 0.29) is 39.0 Å². The maximum atomic E-state index is 15.5. The maximum absolute atomic E-state index is 15.5. The van der Waals surface area contributed by atoms with Crippen LogP contribution in [0.4, 0.5) is 14.5 Å². The number of carbonyl (C=O) groups is 2. The number of carbonyl (C=O) groups excluding carboxylic acids is 1. The highest BCUT2D eigenvalue weighted by molar-refractivity contribution is 6.36. The van der Waals surface area contributed by atoms with Crippen LogP contribution >= 0.6 is 11.6 Å². The summed E-state index contributed by atoms with van der Waals surface area (Å²) in [5.41, 5.74) is 1.81. The van der Waals surface area contributed by atoms with Gasteiger partial charge in [-0.05, 0) is 67.3 Å². The average Bonchev–Trinajstić information content (AvgIpc) is 3.39. The van der Waals surface area contributed by atoms with E-state index in [1.54, 1.807) is 0 Å². The molecule has 2 aliphatic rings. The number of ether oxygens (including phenoxy) is 1. The Kier molecular flexibility index (Phi) is 7.88. The molecule has 1 amide bonds. The number of aliphatic carboxylic acids is 1. The van der Waals surface area contributed by atoms with Crippen molar-refractivity contribution in [3.05, 3.63) is 91.9 Å². The molecular weight excluding hydrogens is 608 g/mol. The second-order valence-electron chi connectivity index (χ2n) is 11.1. The van der Waals surface area contributed by atoms with Crippen LogP contribution < -0.4 is 15.6 Å². The molecule has 0 spiro atoms. The van der Waals surface area contributed by atoms with Gasteiger partial charge in [-0.15, -0.1) is 0 Å². The van der Waals surface area contributed by atoms with Crippen LogP contribution in [0.15, 0.2) is 47.4 Å². The predicted molar refractivity (Wildman–Crippen MR) is 163 cm³/mol. The van der Waals surface area contributed by atoms with Crippen molar-refractivity contribution in [3.8, 4) is 28.3 Å². The van der Waals surface area contributed by atoms with Gasteiger partial charge in [0, 0.05) is 60.3 Å². The Morgan fingerprint density at radius 3 is 2.53 bits per heavy atom. The van der Waals surface area contributed by atoms with Crippen molar-refractivity contribution < 1.29 is 28.2 Å². The zero-order chi connectivity index (χ0) is 32.2. The Hall–Kier alpha value is -4.68. The van der Waals surface area contributed by atoms with E-state index in [1.165, 1.54) is 51.5 Å². The lowest BCUT2D eigenvalue weighted by Gasteiger charge is -2.41. The highest BCUT2D eigenvalue weighted by Gasteiger charge is 2.41. The summed E-state index contributed by atoms with van der Waals surface area (Å²) in [6, 6.07) is 8.15. The molecule has 0 unspecified atom stereocenters. The Bertz CT molecular complexity index is 1940. The van der Waals surface area contributed by atoms with Gasteiger partial charge in [-0.25, -0.2) is 18.4 Å². The van der Waals surface area contributed by atoms with E-state index in [0.717, 1.165) is 28.3 Å². The standard InChI is InChI=1S/C32H28ClF2N5O5/c1-15-22(37-29(41)19-10-11-36-39(2)31(19)42)8-7-20(34)25(15)27-21(35)6-5-18(28(27)33)23-12-16-4-9-24(26(16)30(38-23)45-3)40-13-17(14-40)32(43)44/h5-8,10-12,17,24H,4,9,13-14H2,1-3H3,(H,37,41)(H,43,44)/t24-/m1/s1. The summed E-state index contributed by atoms with van der Waals surface area (Å²) < 4.78 is 37.6. The number of methoxy groups -OCH3 is 1. The topological polar surface area (TPSA) is 127 Å². The van der Waals surface area contributed by atoms with Crippen molar-refractivity contribution in [2.24, 2.45) is 13.0 Å². The van der Waals surface area contributed by atoms with Crippen molar-refractivity contribution >= 4 is 29.2 Å². The number of likely N-dealkylation sites (tertiary alicyclic amines) is 1. The van der Waals surface area contributed by atoms with Gasteiger partial charge < -0.3 is 15.2 Å². The van der Waals surface area contributed by atoms with Gasteiger partial charge >= 0.3 is 5.97 Å². The molecule has 2 N–H and O–H groups in total. The third-order valence-electron chi connectivity index (χ3n) is 8.55. The number of fused-ring (bicyclic) bond motifs is 1. The minimum absolute atomic E-state index is 0.0339. The Balaban J connectivity index is 1.38. The highest BCUT2D eigenvalue weighted by atomic mass is 35.5. The molecule has 1 atom stereocenters. The summed E-state index contributed by atoms with van der Waals surface area (Å²) in [4.78, 5) is 43.4. The number of nitrogens with one attached hydrogen (secondary N) is 1. The molecular formula is C32H28ClF2N5O5. The van der Waals surface area contributed by atoms with Gasteiger partial charge in [0.15, 0.2) is 0 Å². The van der Waals surface area contributed by atoms with Crippen molar-refractivity contribution in [2.75, 3.05) is 25.5 Å². The number of carboxylic acids is 1. The molecule has 45 heavy (non-hydrogen) atoms. The third kappa shape index (κ3) is 5.23. The molecule has 0 radical (unpaired) electrons. The molecule has 6 rings (SSSR count). The van der Waals surface area contributed by atoms with Gasteiger partial charge in [0.2, 0.25) is 5.88 Å². The molecule has 232 valence electrons. The Morgan fingerprint density at radius 2 is 1.82 bits per heavy atom. The maximum Gasteiger partial charge on any atom is 0.309 e. The highest BCUT2D eigenvalue weighted by Crippen LogP contribution is 2.47. The van der Waals surface area contributed by atoms with Gasteiger partial charge in [0.1, 0.15) is 17.2 Å². The van der Waals surface area contributed by atoms with Crippen LogP contribution in [-0.2, 0) is 18.3 Å². The largest absolute Gasteiger partial charge is 0.481 e. The summed E-state index contributed by atoms with van der Waals surface area (Å²) in [6.07, 6.45) is 2.77. The number of nitrogens with zero attached hydrogens (tertiary/aromatic N) is 4. The number of hydrogen-bond acceptors (Lipinski definition) is 7. The van der Waals surface area contributed by atoms with Crippen LogP contribution in [0.1, 0.15) is 39.5 Å². The number of aryl methyl sites for hydroxylation is 2. The summed E-state index contributed by atoms with van der Waals surface area (Å²) in [5, 5.41) is 15.6.